The van der Waals surface area contributed by atoms with Crippen LogP contribution in [0.5, 0.6) is 0 Å². The number of nitrogens with two attached hydrogens (primary N) is 1. The molecule has 4 aromatic rings. The van der Waals surface area contributed by atoms with Crippen LogP contribution in [0.3, 0.4) is 0 Å². The van der Waals surface area contributed by atoms with E-state index in [0.29, 0.717) is 0 Å². The van der Waals surface area contributed by atoms with E-state index < -0.39 is 6.03 Å². The number of primary amides is 1. The molecule has 0 saturated carbocycles. The zero-order valence-corrected chi connectivity index (χ0v) is 13.1. The van der Waals surface area contributed by atoms with E-state index in [2.05, 4.69) is 66.0 Å². The lowest BCUT2D eigenvalue weighted by molar-refractivity contribution is 0.259. The Kier molecular flexibility index (Phi) is 4.73. The molecule has 0 saturated heterocycles. The van der Waals surface area contributed by atoms with E-state index in [9.17, 15) is 4.79 Å². The lowest BCUT2D eigenvalue weighted by Gasteiger charge is -2.00. The van der Waals surface area contributed by atoms with E-state index in [1.165, 1.54) is 21.5 Å². The summed E-state index contributed by atoms with van der Waals surface area (Å²) in [7, 11) is 0. The summed E-state index contributed by atoms with van der Waals surface area (Å²) in [6.07, 6.45) is 0. The summed E-state index contributed by atoms with van der Waals surface area (Å²) in [6.45, 7) is 0. The molecule has 0 heterocycles. The number of amides is 2. The maximum atomic E-state index is 10.3. The Morgan fingerprint density at radius 2 is 1.00 bits per heavy atom. The fourth-order valence-corrected chi connectivity index (χ4v) is 2.55. The highest BCUT2D eigenvalue weighted by Gasteiger charge is 1.95. The van der Waals surface area contributed by atoms with Crippen LogP contribution < -0.4 is 11.1 Å². The van der Waals surface area contributed by atoms with Gasteiger partial charge in [-0.3, -0.25) is 0 Å². The number of hydrogen-bond acceptors (Lipinski definition) is 1. The van der Waals surface area contributed by atoms with E-state index in [1.807, 2.05) is 18.2 Å². The van der Waals surface area contributed by atoms with Gasteiger partial charge >= 0.3 is 6.03 Å². The summed E-state index contributed by atoms with van der Waals surface area (Å²) in [5.74, 6) is 0. The van der Waals surface area contributed by atoms with Crippen molar-refractivity contribution < 1.29 is 4.79 Å². The summed E-state index contributed by atoms with van der Waals surface area (Å²) in [4.78, 5) is 10.3. The molecule has 0 spiro atoms. The van der Waals surface area contributed by atoms with Crippen LogP contribution in [0.4, 0.5) is 10.5 Å². The molecular formula is C21H18N2O. The van der Waals surface area contributed by atoms with Crippen molar-refractivity contribution in [3.63, 3.8) is 0 Å². The van der Waals surface area contributed by atoms with Gasteiger partial charge in [-0.1, -0.05) is 66.7 Å². The Bertz CT molecular complexity index is 860. The summed E-state index contributed by atoms with van der Waals surface area (Å²) >= 11 is 0. The molecule has 0 fully saturated rings. The zero-order valence-electron chi connectivity index (χ0n) is 13.1. The number of fused-ring (bicyclic) bond motifs is 2. The first-order chi connectivity index (χ1) is 11.7. The van der Waals surface area contributed by atoms with Crippen LogP contribution in [-0.2, 0) is 0 Å². The number of urea groups is 1. The van der Waals surface area contributed by atoms with Gasteiger partial charge in [0.15, 0.2) is 0 Å². The molecule has 24 heavy (non-hydrogen) atoms. The largest absolute Gasteiger partial charge is 0.351 e. The van der Waals surface area contributed by atoms with E-state index >= 15 is 0 Å². The summed E-state index contributed by atoms with van der Waals surface area (Å²) in [6, 6.07) is 29.9. The Labute approximate surface area is 140 Å². The van der Waals surface area contributed by atoms with E-state index in [1.54, 1.807) is 12.1 Å². The average molecular weight is 314 g/mol. The second-order valence-corrected chi connectivity index (χ2v) is 5.40. The first-order valence-electron chi connectivity index (χ1n) is 7.71. The average Bonchev–Trinajstić information content (AvgIpc) is 2.61. The predicted octanol–water partition coefficient (Wildman–Crippen LogP) is 5.17. The van der Waals surface area contributed by atoms with Crippen molar-refractivity contribution in [2.45, 2.75) is 0 Å². The zero-order chi connectivity index (χ0) is 16.8. The summed E-state index contributed by atoms with van der Waals surface area (Å²) in [5.41, 5.74) is 5.59. The Hall–Kier alpha value is -3.33. The highest BCUT2D eigenvalue weighted by molar-refractivity contribution is 5.98. The molecule has 0 bridgehead atoms. The molecule has 0 radical (unpaired) electrons. The molecule has 3 heteroatoms. The topological polar surface area (TPSA) is 55.1 Å². The van der Waals surface area contributed by atoms with Gasteiger partial charge in [0.25, 0.3) is 0 Å². The number of anilines is 1. The smallest absolute Gasteiger partial charge is 0.316 e. The normalized spacial score (nSPS) is 10.0. The second kappa shape index (κ2) is 7.29. The van der Waals surface area contributed by atoms with Crippen molar-refractivity contribution in [3.8, 4) is 0 Å². The number of para-hydroxylation sites is 1. The van der Waals surface area contributed by atoms with Gasteiger partial charge in [-0.05, 0) is 45.8 Å². The van der Waals surface area contributed by atoms with Crippen LogP contribution in [0.25, 0.3) is 21.5 Å². The molecule has 3 nitrogen and oxygen atoms in total. The van der Waals surface area contributed by atoms with Gasteiger partial charge in [-0.25, -0.2) is 4.79 Å². The summed E-state index contributed by atoms with van der Waals surface area (Å²) in [5, 5.41) is 7.69. The summed E-state index contributed by atoms with van der Waals surface area (Å²) < 4.78 is 0. The first-order valence-corrected chi connectivity index (χ1v) is 7.71. The number of carbonyl (C=O) groups excluding carboxylic acids is 1. The molecule has 0 aromatic heterocycles. The maximum Gasteiger partial charge on any atom is 0.316 e. The Morgan fingerprint density at radius 3 is 1.38 bits per heavy atom. The molecule has 3 N–H and O–H groups in total. The third kappa shape index (κ3) is 3.90. The van der Waals surface area contributed by atoms with Crippen LogP contribution in [-0.4, -0.2) is 6.03 Å². The van der Waals surface area contributed by atoms with Crippen molar-refractivity contribution in [2.24, 2.45) is 5.73 Å². The fourth-order valence-electron chi connectivity index (χ4n) is 2.55. The van der Waals surface area contributed by atoms with Gasteiger partial charge in [-0.2, -0.15) is 0 Å². The molecule has 0 unspecified atom stereocenters. The molecular weight excluding hydrogens is 296 g/mol. The van der Waals surface area contributed by atoms with Crippen molar-refractivity contribution in [1.82, 2.24) is 0 Å². The van der Waals surface area contributed by atoms with Crippen LogP contribution in [0.15, 0.2) is 91.0 Å². The molecule has 2 amide bonds. The molecule has 118 valence electrons. The number of benzene rings is 4. The number of rotatable bonds is 1. The quantitative estimate of drug-likeness (QED) is 0.468. The van der Waals surface area contributed by atoms with Crippen LogP contribution >= 0.6 is 0 Å². The maximum absolute atomic E-state index is 10.3. The van der Waals surface area contributed by atoms with Crippen molar-refractivity contribution in [3.05, 3.63) is 91.0 Å². The Morgan fingerprint density at radius 1 is 0.625 bits per heavy atom. The lowest BCUT2D eigenvalue weighted by Crippen LogP contribution is -2.18. The number of nitrogens with one attached hydrogen (secondary N) is 1. The van der Waals surface area contributed by atoms with Crippen LogP contribution in [0.1, 0.15) is 0 Å². The van der Waals surface area contributed by atoms with Gasteiger partial charge in [0.1, 0.15) is 0 Å². The van der Waals surface area contributed by atoms with Gasteiger partial charge in [-0.15, -0.1) is 0 Å². The van der Waals surface area contributed by atoms with Gasteiger partial charge < -0.3 is 11.1 Å². The van der Waals surface area contributed by atoms with Crippen LogP contribution in [0.2, 0.25) is 0 Å². The van der Waals surface area contributed by atoms with Gasteiger partial charge in [0.2, 0.25) is 0 Å². The Balaban J connectivity index is 0.000000150. The van der Waals surface area contributed by atoms with Crippen LogP contribution in [0, 0.1) is 0 Å². The highest BCUT2D eigenvalue weighted by atomic mass is 16.2. The van der Waals surface area contributed by atoms with Crippen molar-refractivity contribution in [2.75, 3.05) is 5.32 Å². The monoisotopic (exact) mass is 314 g/mol. The highest BCUT2D eigenvalue weighted by Crippen LogP contribution is 2.22. The standard InChI is InChI=1S/C14H10.C7H8N2O/c1-2-6-12-10-14-8-4-3-7-13(14)9-11(12)5-1;8-7(10)9-6-4-2-1-3-5-6/h1-10H;1-5H,(H3,8,9,10). The van der Waals surface area contributed by atoms with Gasteiger partial charge in [0.05, 0.1) is 0 Å². The fraction of sp³-hybridized carbons (Fsp3) is 0. The minimum atomic E-state index is -0.536. The third-order valence-electron chi connectivity index (χ3n) is 3.66. The lowest BCUT2D eigenvalue weighted by atomic mass is 10.0. The van der Waals surface area contributed by atoms with E-state index in [-0.39, 0.29) is 0 Å². The number of hydrogen-bond donors (Lipinski definition) is 2. The van der Waals surface area contributed by atoms with E-state index in [4.69, 9.17) is 5.73 Å². The van der Waals surface area contributed by atoms with Crippen molar-refractivity contribution in [1.29, 1.82) is 0 Å². The molecule has 0 aliphatic carbocycles. The number of carbonyl (C=O) groups is 1. The molecule has 0 aliphatic rings. The predicted molar refractivity (Wildman–Crippen MR) is 101 cm³/mol. The molecule has 0 aliphatic heterocycles. The molecule has 4 aromatic carbocycles. The minimum Gasteiger partial charge on any atom is -0.351 e. The van der Waals surface area contributed by atoms with Gasteiger partial charge in [0, 0.05) is 5.69 Å². The SMILES string of the molecule is NC(=O)Nc1ccccc1.c1ccc2cc3ccccc3cc2c1. The van der Waals surface area contributed by atoms with Crippen molar-refractivity contribution >= 4 is 33.3 Å². The second-order valence-electron chi connectivity index (χ2n) is 5.40. The molecule has 4 rings (SSSR count). The first kappa shape index (κ1) is 15.6. The molecule has 0 atom stereocenters. The third-order valence-corrected chi connectivity index (χ3v) is 3.66. The minimum absolute atomic E-state index is 0.536. The van der Waals surface area contributed by atoms with E-state index in [0.717, 1.165) is 5.69 Å².